The zero-order valence-electron chi connectivity index (χ0n) is 13.3. The SMILES string of the molecule is O=[N+]([O-])c1ccc(P(=O)(OCc2ccccc2)c2ccccc2)cc1. The molecule has 0 radical (unpaired) electrons. The van der Waals surface area contributed by atoms with Crippen molar-refractivity contribution in [2.75, 3.05) is 0 Å². The van der Waals surface area contributed by atoms with Crippen LogP contribution in [-0.4, -0.2) is 4.92 Å². The van der Waals surface area contributed by atoms with E-state index < -0.39 is 12.3 Å². The van der Waals surface area contributed by atoms with Crippen LogP contribution in [0.5, 0.6) is 0 Å². The lowest BCUT2D eigenvalue weighted by Gasteiger charge is -2.19. The average molecular weight is 353 g/mol. The fourth-order valence-electron chi connectivity index (χ4n) is 2.43. The Balaban J connectivity index is 1.97. The molecule has 3 rings (SSSR count). The molecule has 0 N–H and O–H groups in total. The normalized spacial score (nSPS) is 13.1. The Hall–Kier alpha value is -2.75. The Morgan fingerprint density at radius 2 is 1.32 bits per heavy atom. The minimum absolute atomic E-state index is 0.0496. The quantitative estimate of drug-likeness (QED) is 0.381. The van der Waals surface area contributed by atoms with Crippen molar-refractivity contribution in [1.29, 1.82) is 0 Å². The Morgan fingerprint density at radius 1 is 0.800 bits per heavy atom. The van der Waals surface area contributed by atoms with Gasteiger partial charge in [-0.25, -0.2) is 0 Å². The van der Waals surface area contributed by atoms with Gasteiger partial charge in [0.1, 0.15) is 0 Å². The van der Waals surface area contributed by atoms with Crippen molar-refractivity contribution >= 4 is 23.7 Å². The van der Waals surface area contributed by atoms with Crippen LogP contribution in [0.2, 0.25) is 0 Å². The van der Waals surface area contributed by atoms with Gasteiger partial charge in [-0.2, -0.15) is 0 Å². The monoisotopic (exact) mass is 353 g/mol. The molecule has 0 bridgehead atoms. The first-order chi connectivity index (χ1) is 12.1. The third kappa shape index (κ3) is 3.85. The fraction of sp³-hybridized carbons (Fsp3) is 0.0526. The molecule has 0 spiro atoms. The molecule has 6 heteroatoms. The van der Waals surface area contributed by atoms with Crippen molar-refractivity contribution in [2.24, 2.45) is 0 Å². The van der Waals surface area contributed by atoms with E-state index in [1.165, 1.54) is 24.3 Å². The molecule has 0 fully saturated rings. The van der Waals surface area contributed by atoms with Crippen LogP contribution in [0.1, 0.15) is 5.56 Å². The molecule has 0 aliphatic heterocycles. The second kappa shape index (κ2) is 7.43. The molecule has 0 saturated heterocycles. The van der Waals surface area contributed by atoms with Gasteiger partial charge in [-0.05, 0) is 29.8 Å². The molecular weight excluding hydrogens is 337 g/mol. The van der Waals surface area contributed by atoms with Gasteiger partial charge in [0.2, 0.25) is 0 Å². The molecule has 25 heavy (non-hydrogen) atoms. The molecule has 5 nitrogen and oxygen atoms in total. The van der Waals surface area contributed by atoms with Crippen LogP contribution < -0.4 is 10.6 Å². The summed E-state index contributed by atoms with van der Waals surface area (Å²) in [5.74, 6) is 0. The maximum atomic E-state index is 13.7. The summed E-state index contributed by atoms with van der Waals surface area (Å²) in [6, 6.07) is 24.0. The van der Waals surface area contributed by atoms with Gasteiger partial charge >= 0.3 is 0 Å². The van der Waals surface area contributed by atoms with E-state index in [1.54, 1.807) is 24.3 Å². The standard InChI is InChI=1S/C19H16NO4P/c21-20(22)17-11-13-19(14-12-17)25(23,18-9-5-2-6-10-18)24-15-16-7-3-1-4-8-16/h1-14H,15H2. The van der Waals surface area contributed by atoms with Crippen molar-refractivity contribution in [3.05, 3.63) is 101 Å². The lowest BCUT2D eigenvalue weighted by molar-refractivity contribution is -0.384. The van der Waals surface area contributed by atoms with E-state index in [9.17, 15) is 14.7 Å². The molecule has 1 atom stereocenters. The van der Waals surface area contributed by atoms with E-state index in [4.69, 9.17) is 4.52 Å². The van der Waals surface area contributed by atoms with Gasteiger partial charge in [-0.1, -0.05) is 48.5 Å². The van der Waals surface area contributed by atoms with Crippen molar-refractivity contribution in [1.82, 2.24) is 0 Å². The summed E-state index contributed by atoms with van der Waals surface area (Å²) in [6.45, 7) is 0.185. The van der Waals surface area contributed by atoms with Crippen LogP contribution in [0.3, 0.4) is 0 Å². The van der Waals surface area contributed by atoms with Crippen LogP contribution in [0, 0.1) is 10.1 Å². The number of nitro benzene ring substituents is 1. The summed E-state index contributed by atoms with van der Waals surface area (Å²) < 4.78 is 19.6. The summed E-state index contributed by atoms with van der Waals surface area (Å²) in [6.07, 6.45) is 0. The third-order valence-electron chi connectivity index (χ3n) is 3.75. The number of benzene rings is 3. The highest BCUT2D eigenvalue weighted by Gasteiger charge is 2.29. The third-order valence-corrected chi connectivity index (χ3v) is 6.20. The Bertz CT molecular complexity index is 896. The average Bonchev–Trinajstić information content (AvgIpc) is 2.67. The maximum absolute atomic E-state index is 13.7. The van der Waals surface area contributed by atoms with Crippen LogP contribution >= 0.6 is 7.37 Å². The number of hydrogen-bond acceptors (Lipinski definition) is 4. The Kier molecular flexibility index (Phi) is 5.08. The van der Waals surface area contributed by atoms with Crippen LogP contribution in [0.4, 0.5) is 5.69 Å². The van der Waals surface area contributed by atoms with Crippen LogP contribution in [-0.2, 0) is 15.7 Å². The van der Waals surface area contributed by atoms with Gasteiger partial charge in [0.25, 0.3) is 13.1 Å². The van der Waals surface area contributed by atoms with Crippen LogP contribution in [0.25, 0.3) is 0 Å². The zero-order chi connectivity index (χ0) is 17.7. The lowest BCUT2D eigenvalue weighted by Crippen LogP contribution is -2.18. The molecule has 0 aromatic heterocycles. The highest BCUT2D eigenvalue weighted by atomic mass is 31.2. The number of hydrogen-bond donors (Lipinski definition) is 0. The summed E-state index contributed by atoms with van der Waals surface area (Å²) in [4.78, 5) is 10.4. The largest absolute Gasteiger partial charge is 0.317 e. The first-order valence-corrected chi connectivity index (χ1v) is 9.31. The maximum Gasteiger partial charge on any atom is 0.269 e. The minimum Gasteiger partial charge on any atom is -0.317 e. The summed E-state index contributed by atoms with van der Waals surface area (Å²) in [7, 11) is -3.36. The van der Waals surface area contributed by atoms with Gasteiger partial charge in [-0.15, -0.1) is 0 Å². The zero-order valence-corrected chi connectivity index (χ0v) is 14.2. The molecule has 3 aromatic rings. The predicted octanol–water partition coefficient (Wildman–Crippen LogP) is 4.04. The first-order valence-electron chi connectivity index (χ1n) is 7.69. The van der Waals surface area contributed by atoms with Crippen molar-refractivity contribution in [2.45, 2.75) is 6.61 Å². The van der Waals surface area contributed by atoms with Gasteiger partial charge in [-0.3, -0.25) is 14.7 Å². The van der Waals surface area contributed by atoms with Crippen LogP contribution in [0.15, 0.2) is 84.9 Å². The van der Waals surface area contributed by atoms with E-state index in [2.05, 4.69) is 0 Å². The van der Waals surface area contributed by atoms with Crippen molar-refractivity contribution in [3.63, 3.8) is 0 Å². The summed E-state index contributed by atoms with van der Waals surface area (Å²) in [5.41, 5.74) is 0.854. The summed E-state index contributed by atoms with van der Waals surface area (Å²) >= 11 is 0. The van der Waals surface area contributed by atoms with E-state index in [0.29, 0.717) is 10.6 Å². The molecule has 0 aliphatic carbocycles. The molecule has 3 aromatic carbocycles. The van der Waals surface area contributed by atoms with E-state index in [0.717, 1.165) is 5.56 Å². The van der Waals surface area contributed by atoms with E-state index in [-0.39, 0.29) is 12.3 Å². The molecule has 126 valence electrons. The lowest BCUT2D eigenvalue weighted by atomic mass is 10.2. The smallest absolute Gasteiger partial charge is 0.269 e. The molecule has 1 unspecified atom stereocenters. The first kappa shape index (κ1) is 17.1. The Labute approximate surface area is 145 Å². The highest BCUT2D eigenvalue weighted by molar-refractivity contribution is 7.74. The van der Waals surface area contributed by atoms with Gasteiger partial charge in [0.15, 0.2) is 0 Å². The number of rotatable bonds is 6. The second-order valence-corrected chi connectivity index (χ2v) is 7.81. The van der Waals surface area contributed by atoms with E-state index in [1.807, 2.05) is 36.4 Å². The molecule has 0 amide bonds. The second-order valence-electron chi connectivity index (χ2n) is 5.42. The minimum atomic E-state index is -3.36. The van der Waals surface area contributed by atoms with Crippen molar-refractivity contribution in [3.8, 4) is 0 Å². The molecule has 0 saturated carbocycles. The number of nitrogens with zero attached hydrogens (tertiary/aromatic N) is 1. The molecule has 0 heterocycles. The number of non-ortho nitro benzene ring substituents is 1. The fourth-order valence-corrected chi connectivity index (χ4v) is 4.47. The molecular formula is C19H16NO4P. The summed E-state index contributed by atoms with van der Waals surface area (Å²) in [5, 5.41) is 11.8. The Morgan fingerprint density at radius 3 is 1.88 bits per heavy atom. The highest BCUT2D eigenvalue weighted by Crippen LogP contribution is 2.45. The number of nitro groups is 1. The van der Waals surface area contributed by atoms with Gasteiger partial charge < -0.3 is 4.52 Å². The predicted molar refractivity (Wildman–Crippen MR) is 97.6 cm³/mol. The van der Waals surface area contributed by atoms with E-state index >= 15 is 0 Å². The topological polar surface area (TPSA) is 69.4 Å². The van der Waals surface area contributed by atoms with Crippen molar-refractivity contribution < 1.29 is 14.0 Å². The van der Waals surface area contributed by atoms with Gasteiger partial charge in [0.05, 0.1) is 11.5 Å². The molecule has 0 aliphatic rings. The van der Waals surface area contributed by atoms with Gasteiger partial charge in [0, 0.05) is 22.7 Å².